The van der Waals surface area contributed by atoms with Gasteiger partial charge in [-0.15, -0.1) is 0 Å². The van der Waals surface area contributed by atoms with Gasteiger partial charge in [-0.3, -0.25) is 9.58 Å². The first-order valence-electron chi connectivity index (χ1n) is 8.52. The minimum absolute atomic E-state index is 0.480. The number of aryl methyl sites for hydroxylation is 2. The maximum absolute atomic E-state index is 4.39. The third-order valence-corrected chi connectivity index (χ3v) is 5.10. The lowest BCUT2D eigenvalue weighted by atomic mass is 9.85. The molecule has 1 aliphatic rings. The molecule has 0 aliphatic carbocycles. The van der Waals surface area contributed by atoms with Crippen LogP contribution in [0.25, 0.3) is 0 Å². The van der Waals surface area contributed by atoms with E-state index in [2.05, 4.69) is 65.1 Å². The molecule has 0 N–H and O–H groups in total. The topological polar surface area (TPSA) is 29.2 Å². The number of piperidine rings is 1. The summed E-state index contributed by atoms with van der Waals surface area (Å²) in [6.07, 6.45) is 8.92. The van der Waals surface area contributed by atoms with Gasteiger partial charge in [0, 0.05) is 56.9 Å². The van der Waals surface area contributed by atoms with E-state index in [0.717, 1.165) is 13.1 Å². The number of hydrogen-bond acceptors (Lipinski definition) is 3. The maximum Gasteiger partial charge on any atom is 0.0537 e. The van der Waals surface area contributed by atoms with Gasteiger partial charge >= 0.3 is 0 Å². The van der Waals surface area contributed by atoms with Gasteiger partial charge in [0.2, 0.25) is 0 Å². The summed E-state index contributed by atoms with van der Waals surface area (Å²) >= 11 is 0. The van der Waals surface area contributed by atoms with Crippen molar-refractivity contribution in [2.75, 3.05) is 27.2 Å². The molecule has 2 atom stereocenters. The molecule has 0 aromatic carbocycles. The standard InChI is InChI=1S/C18H29N5/c1-20(14-17-8-6-9-21(17)2)12-15-7-5-10-22(3)18(15)16-11-19-23(4)13-16/h6,8-9,11,13,15,18H,5,7,10,12,14H2,1-4H3/t15-,18+/m0/s1. The fourth-order valence-corrected chi connectivity index (χ4v) is 3.97. The number of likely N-dealkylation sites (tertiary alicyclic amines) is 1. The van der Waals surface area contributed by atoms with Crippen molar-refractivity contribution < 1.29 is 0 Å². The predicted molar refractivity (Wildman–Crippen MR) is 93.1 cm³/mol. The lowest BCUT2D eigenvalue weighted by molar-refractivity contribution is 0.0920. The van der Waals surface area contributed by atoms with Gasteiger partial charge in [0.15, 0.2) is 0 Å². The van der Waals surface area contributed by atoms with Crippen molar-refractivity contribution in [3.05, 3.63) is 42.0 Å². The lowest BCUT2D eigenvalue weighted by Crippen LogP contribution is -2.40. The first kappa shape index (κ1) is 16.3. The molecule has 0 amide bonds. The Labute approximate surface area is 139 Å². The van der Waals surface area contributed by atoms with Crippen LogP contribution in [0.1, 0.15) is 30.1 Å². The van der Waals surface area contributed by atoms with Crippen molar-refractivity contribution in [2.45, 2.75) is 25.4 Å². The van der Waals surface area contributed by atoms with Gasteiger partial charge < -0.3 is 9.47 Å². The zero-order valence-corrected chi connectivity index (χ0v) is 14.8. The van der Waals surface area contributed by atoms with E-state index in [0.29, 0.717) is 12.0 Å². The zero-order valence-electron chi connectivity index (χ0n) is 14.8. The predicted octanol–water partition coefficient (Wildman–Crippen LogP) is 2.27. The van der Waals surface area contributed by atoms with Gasteiger partial charge in [-0.25, -0.2) is 0 Å². The van der Waals surface area contributed by atoms with Crippen molar-refractivity contribution in [2.24, 2.45) is 20.0 Å². The Morgan fingerprint density at radius 3 is 2.78 bits per heavy atom. The molecule has 0 radical (unpaired) electrons. The summed E-state index contributed by atoms with van der Waals surface area (Å²) in [5.74, 6) is 0.656. The molecule has 2 aromatic heterocycles. The van der Waals surface area contributed by atoms with Gasteiger partial charge in [-0.1, -0.05) is 0 Å². The highest BCUT2D eigenvalue weighted by molar-refractivity contribution is 5.13. The second-order valence-electron chi connectivity index (χ2n) is 7.08. The van der Waals surface area contributed by atoms with Gasteiger partial charge in [0.25, 0.3) is 0 Å². The summed E-state index contributed by atoms with van der Waals surface area (Å²) in [6, 6.07) is 4.81. The van der Waals surface area contributed by atoms with Crippen LogP contribution in [0.3, 0.4) is 0 Å². The van der Waals surface area contributed by atoms with Crippen LogP contribution < -0.4 is 0 Å². The third kappa shape index (κ3) is 3.67. The molecule has 3 heterocycles. The van der Waals surface area contributed by atoms with Gasteiger partial charge in [-0.2, -0.15) is 5.10 Å². The molecule has 23 heavy (non-hydrogen) atoms. The summed E-state index contributed by atoms with van der Waals surface area (Å²) in [6.45, 7) is 3.30. The second kappa shape index (κ2) is 6.89. The van der Waals surface area contributed by atoms with Crippen LogP contribution in [-0.2, 0) is 20.6 Å². The molecule has 126 valence electrons. The quantitative estimate of drug-likeness (QED) is 0.848. The fraction of sp³-hybridized carbons (Fsp3) is 0.611. The molecule has 3 rings (SSSR count). The van der Waals surface area contributed by atoms with Crippen LogP contribution >= 0.6 is 0 Å². The number of aromatic nitrogens is 3. The van der Waals surface area contributed by atoms with E-state index in [1.165, 1.54) is 30.6 Å². The summed E-state index contributed by atoms with van der Waals surface area (Å²) in [4.78, 5) is 4.96. The van der Waals surface area contributed by atoms with Crippen molar-refractivity contribution in [3.8, 4) is 0 Å². The summed E-state index contributed by atoms with van der Waals surface area (Å²) in [7, 11) is 8.61. The van der Waals surface area contributed by atoms with E-state index < -0.39 is 0 Å². The normalized spacial score (nSPS) is 22.8. The molecule has 1 aliphatic heterocycles. The van der Waals surface area contributed by atoms with E-state index in [1.54, 1.807) is 0 Å². The molecular formula is C18H29N5. The molecule has 1 saturated heterocycles. The van der Waals surface area contributed by atoms with Crippen LogP contribution in [0, 0.1) is 5.92 Å². The van der Waals surface area contributed by atoms with Crippen LogP contribution in [0.5, 0.6) is 0 Å². The number of rotatable bonds is 5. The third-order valence-electron chi connectivity index (χ3n) is 5.10. The van der Waals surface area contributed by atoms with Crippen molar-refractivity contribution >= 4 is 0 Å². The van der Waals surface area contributed by atoms with Crippen molar-refractivity contribution in [1.82, 2.24) is 24.1 Å². The number of nitrogens with zero attached hydrogens (tertiary/aromatic N) is 5. The average molecular weight is 315 g/mol. The maximum atomic E-state index is 4.39. The molecule has 0 bridgehead atoms. The van der Waals surface area contributed by atoms with Crippen LogP contribution in [0.2, 0.25) is 0 Å². The average Bonchev–Trinajstić information content (AvgIpc) is 3.08. The summed E-state index contributed by atoms with van der Waals surface area (Å²) in [5.41, 5.74) is 2.72. The SMILES string of the molecule is CN(Cc1cccn1C)C[C@@H]1CCCN(C)[C@H]1c1cnn(C)c1. The van der Waals surface area contributed by atoms with E-state index in [1.807, 2.05) is 17.9 Å². The van der Waals surface area contributed by atoms with E-state index in [-0.39, 0.29) is 0 Å². The minimum Gasteiger partial charge on any atom is -0.353 e. The smallest absolute Gasteiger partial charge is 0.0537 e. The Morgan fingerprint density at radius 2 is 2.13 bits per heavy atom. The van der Waals surface area contributed by atoms with Gasteiger partial charge in [0.1, 0.15) is 0 Å². The minimum atomic E-state index is 0.480. The van der Waals surface area contributed by atoms with Gasteiger partial charge in [-0.05, 0) is 51.5 Å². The van der Waals surface area contributed by atoms with E-state index in [4.69, 9.17) is 0 Å². The van der Waals surface area contributed by atoms with Gasteiger partial charge in [0.05, 0.1) is 6.20 Å². The van der Waals surface area contributed by atoms with E-state index in [9.17, 15) is 0 Å². The van der Waals surface area contributed by atoms with Crippen LogP contribution in [-0.4, -0.2) is 51.3 Å². The summed E-state index contributed by atoms with van der Waals surface area (Å²) < 4.78 is 4.13. The summed E-state index contributed by atoms with van der Waals surface area (Å²) in [5, 5.41) is 4.39. The first-order chi connectivity index (χ1) is 11.0. The van der Waals surface area contributed by atoms with Crippen LogP contribution in [0.4, 0.5) is 0 Å². The van der Waals surface area contributed by atoms with Crippen molar-refractivity contribution in [3.63, 3.8) is 0 Å². The Hall–Kier alpha value is -1.59. The molecule has 0 spiro atoms. The first-order valence-corrected chi connectivity index (χ1v) is 8.52. The highest BCUT2D eigenvalue weighted by Crippen LogP contribution is 2.35. The zero-order chi connectivity index (χ0) is 16.4. The van der Waals surface area contributed by atoms with Crippen molar-refractivity contribution in [1.29, 1.82) is 0 Å². The Kier molecular flexibility index (Phi) is 4.87. The molecule has 0 unspecified atom stereocenters. The van der Waals surface area contributed by atoms with E-state index >= 15 is 0 Å². The fourth-order valence-electron chi connectivity index (χ4n) is 3.97. The molecule has 2 aromatic rings. The second-order valence-corrected chi connectivity index (χ2v) is 7.08. The molecule has 5 heteroatoms. The molecule has 1 fully saturated rings. The highest BCUT2D eigenvalue weighted by Gasteiger charge is 2.32. The Bertz CT molecular complexity index is 629. The molecular weight excluding hydrogens is 286 g/mol. The molecule has 0 saturated carbocycles. The molecule has 5 nitrogen and oxygen atoms in total. The monoisotopic (exact) mass is 315 g/mol. The Morgan fingerprint density at radius 1 is 1.30 bits per heavy atom. The Balaban J connectivity index is 1.70. The van der Waals surface area contributed by atoms with Crippen LogP contribution in [0.15, 0.2) is 30.7 Å². The number of hydrogen-bond donors (Lipinski definition) is 0. The lowest BCUT2D eigenvalue weighted by Gasteiger charge is -2.40. The largest absolute Gasteiger partial charge is 0.353 e. The highest BCUT2D eigenvalue weighted by atomic mass is 15.3.